The second-order valence-electron chi connectivity index (χ2n) is 5.73. The molecule has 116 valence electrons. The Hall–Kier alpha value is -1.62. The molecule has 1 fully saturated rings. The molecule has 1 atom stereocenters. The average Bonchev–Trinajstić information content (AvgIpc) is 2.49. The van der Waals surface area contributed by atoms with E-state index in [2.05, 4.69) is 22.1 Å². The van der Waals surface area contributed by atoms with Crippen LogP contribution in [0.25, 0.3) is 0 Å². The second kappa shape index (κ2) is 7.98. The highest BCUT2D eigenvalue weighted by atomic mass is 16.4. The van der Waals surface area contributed by atoms with Crippen molar-refractivity contribution in [1.82, 2.24) is 9.88 Å². The molecule has 1 aromatic rings. The molecule has 0 aromatic carbocycles. The van der Waals surface area contributed by atoms with E-state index >= 15 is 0 Å². The number of aromatic carboxylic acids is 1. The van der Waals surface area contributed by atoms with Crippen LogP contribution in [0.15, 0.2) is 18.2 Å². The summed E-state index contributed by atoms with van der Waals surface area (Å²) in [5, 5.41) is 12.1. The number of carboxylic acids is 1. The van der Waals surface area contributed by atoms with Crippen LogP contribution in [0.5, 0.6) is 0 Å². The zero-order chi connectivity index (χ0) is 15.1. The van der Waals surface area contributed by atoms with E-state index in [1.165, 1.54) is 31.9 Å². The van der Waals surface area contributed by atoms with E-state index in [4.69, 9.17) is 5.11 Å². The Morgan fingerprint density at radius 2 is 2.29 bits per heavy atom. The Balaban J connectivity index is 1.65. The van der Waals surface area contributed by atoms with Gasteiger partial charge in [0.1, 0.15) is 5.82 Å². The number of carboxylic acid groups (broad SMARTS) is 1. The molecule has 1 saturated heterocycles. The minimum Gasteiger partial charge on any atom is -0.477 e. The van der Waals surface area contributed by atoms with Crippen LogP contribution >= 0.6 is 0 Å². The number of hydrogen-bond donors (Lipinski definition) is 2. The van der Waals surface area contributed by atoms with Gasteiger partial charge in [-0.2, -0.15) is 0 Å². The SMILES string of the molecule is CC1CCCCN1CCCCNc1cccc(C(=O)O)n1. The van der Waals surface area contributed by atoms with Crippen molar-refractivity contribution in [1.29, 1.82) is 0 Å². The van der Waals surface area contributed by atoms with Crippen molar-refractivity contribution >= 4 is 11.8 Å². The molecule has 1 aliphatic rings. The molecule has 2 N–H and O–H groups in total. The van der Waals surface area contributed by atoms with Crippen LogP contribution in [0.1, 0.15) is 49.5 Å². The summed E-state index contributed by atoms with van der Waals surface area (Å²) in [6.07, 6.45) is 6.25. The van der Waals surface area contributed by atoms with E-state index in [0.717, 1.165) is 32.0 Å². The number of pyridine rings is 1. The van der Waals surface area contributed by atoms with E-state index < -0.39 is 5.97 Å². The molecule has 5 nitrogen and oxygen atoms in total. The highest BCUT2D eigenvalue weighted by Gasteiger charge is 2.16. The summed E-state index contributed by atoms with van der Waals surface area (Å²) in [5.74, 6) is -0.348. The number of likely N-dealkylation sites (tertiary alicyclic amines) is 1. The van der Waals surface area contributed by atoms with E-state index in [1.807, 2.05) is 0 Å². The smallest absolute Gasteiger partial charge is 0.354 e. The van der Waals surface area contributed by atoms with E-state index in [-0.39, 0.29) is 5.69 Å². The lowest BCUT2D eigenvalue weighted by atomic mass is 10.0. The molecule has 2 heterocycles. The molecular formula is C16H25N3O2. The fraction of sp³-hybridized carbons (Fsp3) is 0.625. The molecule has 0 aliphatic carbocycles. The molecule has 1 unspecified atom stereocenters. The Labute approximate surface area is 126 Å². The van der Waals surface area contributed by atoms with Gasteiger partial charge in [-0.3, -0.25) is 0 Å². The molecule has 2 rings (SSSR count). The van der Waals surface area contributed by atoms with E-state index in [1.54, 1.807) is 12.1 Å². The largest absolute Gasteiger partial charge is 0.477 e. The summed E-state index contributed by atoms with van der Waals surface area (Å²) in [7, 11) is 0. The fourth-order valence-corrected chi connectivity index (χ4v) is 2.80. The number of aromatic nitrogens is 1. The van der Waals surface area contributed by atoms with Gasteiger partial charge < -0.3 is 15.3 Å². The number of nitrogens with zero attached hydrogens (tertiary/aromatic N) is 2. The predicted octanol–water partition coefficient (Wildman–Crippen LogP) is 2.85. The monoisotopic (exact) mass is 291 g/mol. The van der Waals surface area contributed by atoms with Gasteiger partial charge in [-0.05, 0) is 57.8 Å². The van der Waals surface area contributed by atoms with Crippen LogP contribution < -0.4 is 5.32 Å². The Bertz CT molecular complexity index is 465. The molecule has 21 heavy (non-hydrogen) atoms. The van der Waals surface area contributed by atoms with Crippen LogP contribution in [0.3, 0.4) is 0 Å². The Morgan fingerprint density at radius 1 is 1.43 bits per heavy atom. The van der Waals surface area contributed by atoms with Gasteiger partial charge in [-0.25, -0.2) is 9.78 Å². The molecular weight excluding hydrogens is 266 g/mol. The number of rotatable bonds is 7. The highest BCUT2D eigenvalue weighted by Crippen LogP contribution is 2.16. The van der Waals surface area contributed by atoms with Gasteiger partial charge in [0.05, 0.1) is 0 Å². The lowest BCUT2D eigenvalue weighted by Gasteiger charge is -2.33. The summed E-state index contributed by atoms with van der Waals surface area (Å²) >= 11 is 0. The van der Waals surface area contributed by atoms with Crippen molar-refractivity contribution in [3.63, 3.8) is 0 Å². The first-order chi connectivity index (χ1) is 10.2. The number of hydrogen-bond acceptors (Lipinski definition) is 4. The van der Waals surface area contributed by atoms with Gasteiger partial charge in [0, 0.05) is 12.6 Å². The van der Waals surface area contributed by atoms with Gasteiger partial charge in [0.25, 0.3) is 0 Å². The Kier molecular flexibility index (Phi) is 5.99. The topological polar surface area (TPSA) is 65.5 Å². The third-order valence-corrected chi connectivity index (χ3v) is 4.09. The van der Waals surface area contributed by atoms with E-state index in [9.17, 15) is 4.79 Å². The van der Waals surface area contributed by atoms with Crippen molar-refractivity contribution in [2.45, 2.75) is 45.1 Å². The number of nitrogens with one attached hydrogen (secondary N) is 1. The maximum Gasteiger partial charge on any atom is 0.354 e. The average molecular weight is 291 g/mol. The van der Waals surface area contributed by atoms with Crippen LogP contribution in [-0.2, 0) is 0 Å². The van der Waals surface area contributed by atoms with Crippen LogP contribution in [-0.4, -0.2) is 46.6 Å². The third kappa shape index (κ3) is 5.01. The zero-order valence-corrected chi connectivity index (χ0v) is 12.7. The van der Waals surface area contributed by atoms with Gasteiger partial charge in [-0.1, -0.05) is 12.5 Å². The minimum atomic E-state index is -0.988. The lowest BCUT2D eigenvalue weighted by molar-refractivity contribution is 0.0690. The first kappa shape index (κ1) is 15.8. The molecule has 1 aliphatic heterocycles. The van der Waals surface area contributed by atoms with Crippen LogP contribution in [0.2, 0.25) is 0 Å². The number of carbonyl (C=O) groups is 1. The molecule has 0 spiro atoms. The minimum absolute atomic E-state index is 0.0853. The van der Waals surface area contributed by atoms with E-state index in [0.29, 0.717) is 5.82 Å². The molecule has 0 radical (unpaired) electrons. The quantitative estimate of drug-likeness (QED) is 0.756. The fourth-order valence-electron chi connectivity index (χ4n) is 2.80. The maximum absolute atomic E-state index is 10.8. The number of piperidine rings is 1. The normalized spacial score (nSPS) is 19.4. The van der Waals surface area contributed by atoms with Crippen molar-refractivity contribution in [2.75, 3.05) is 25.0 Å². The van der Waals surface area contributed by atoms with Crippen LogP contribution in [0, 0.1) is 0 Å². The summed E-state index contributed by atoms with van der Waals surface area (Å²) in [5.41, 5.74) is 0.0853. The third-order valence-electron chi connectivity index (χ3n) is 4.09. The maximum atomic E-state index is 10.8. The van der Waals surface area contributed by atoms with Crippen molar-refractivity contribution < 1.29 is 9.90 Å². The number of unbranched alkanes of at least 4 members (excludes halogenated alkanes) is 1. The molecule has 1 aromatic heterocycles. The molecule has 5 heteroatoms. The second-order valence-corrected chi connectivity index (χ2v) is 5.73. The first-order valence-electron chi connectivity index (χ1n) is 7.85. The summed E-state index contributed by atoms with van der Waals surface area (Å²) in [6, 6.07) is 5.75. The molecule has 0 saturated carbocycles. The van der Waals surface area contributed by atoms with Gasteiger partial charge in [-0.15, -0.1) is 0 Å². The highest BCUT2D eigenvalue weighted by molar-refractivity contribution is 5.85. The first-order valence-corrected chi connectivity index (χ1v) is 7.85. The van der Waals surface area contributed by atoms with Gasteiger partial charge >= 0.3 is 5.97 Å². The van der Waals surface area contributed by atoms with Gasteiger partial charge in [0.15, 0.2) is 5.69 Å². The van der Waals surface area contributed by atoms with Gasteiger partial charge in [0.2, 0.25) is 0 Å². The van der Waals surface area contributed by atoms with Crippen molar-refractivity contribution in [3.05, 3.63) is 23.9 Å². The standard InChI is InChI=1S/C16H25N3O2/c1-13-7-2-4-11-19(13)12-5-3-10-17-15-9-6-8-14(18-15)16(20)21/h6,8-9,13H,2-5,7,10-12H2,1H3,(H,17,18)(H,20,21). The molecule has 0 bridgehead atoms. The summed E-state index contributed by atoms with van der Waals surface area (Å²) in [4.78, 5) is 17.5. The van der Waals surface area contributed by atoms with Crippen LogP contribution in [0.4, 0.5) is 5.82 Å². The Morgan fingerprint density at radius 3 is 3.05 bits per heavy atom. The summed E-state index contributed by atoms with van der Waals surface area (Å²) < 4.78 is 0. The van der Waals surface area contributed by atoms with Crippen molar-refractivity contribution in [2.24, 2.45) is 0 Å². The number of anilines is 1. The molecule has 0 amide bonds. The predicted molar refractivity (Wildman–Crippen MR) is 83.8 cm³/mol. The zero-order valence-electron chi connectivity index (χ0n) is 12.7. The summed E-state index contributed by atoms with van der Waals surface area (Å²) in [6.45, 7) is 5.54. The lowest BCUT2D eigenvalue weighted by Crippen LogP contribution is -2.38. The van der Waals surface area contributed by atoms with Crippen molar-refractivity contribution in [3.8, 4) is 0 Å².